The van der Waals surface area contributed by atoms with Gasteiger partial charge in [0.05, 0.1) is 0 Å². The maximum Gasteiger partial charge on any atom is 0.0315 e. The van der Waals surface area contributed by atoms with Crippen LogP contribution in [-0.2, 0) is 0 Å². The highest BCUT2D eigenvalue weighted by molar-refractivity contribution is 5.29. The topological polar surface area (TPSA) is 3.24 Å². The van der Waals surface area contributed by atoms with Gasteiger partial charge in [-0.25, -0.2) is 0 Å². The highest BCUT2D eigenvalue weighted by atomic mass is 15.2. The van der Waals surface area contributed by atoms with Crippen molar-refractivity contribution in [3.05, 3.63) is 11.1 Å². The lowest BCUT2D eigenvalue weighted by atomic mass is 9.73. The van der Waals surface area contributed by atoms with Crippen molar-refractivity contribution in [3.63, 3.8) is 0 Å². The third-order valence-electron chi connectivity index (χ3n) is 4.96. The van der Waals surface area contributed by atoms with Gasteiger partial charge in [-0.3, -0.25) is 4.90 Å². The number of hydrogen-bond acceptors (Lipinski definition) is 1. The van der Waals surface area contributed by atoms with Gasteiger partial charge in [-0.05, 0) is 65.3 Å². The molecule has 0 spiro atoms. The number of rotatable bonds is 0. The van der Waals surface area contributed by atoms with E-state index < -0.39 is 0 Å². The van der Waals surface area contributed by atoms with E-state index in [-0.39, 0.29) is 0 Å². The fourth-order valence-electron chi connectivity index (χ4n) is 4.24. The lowest BCUT2D eigenvalue weighted by Crippen LogP contribution is -2.56. The Labute approximate surface area is 99.9 Å². The van der Waals surface area contributed by atoms with Crippen molar-refractivity contribution < 1.29 is 0 Å². The molecular formula is C15H25N. The minimum atomic E-state index is 0.432. The Morgan fingerprint density at radius 1 is 1.06 bits per heavy atom. The molecule has 0 aromatic rings. The zero-order valence-corrected chi connectivity index (χ0v) is 10.9. The van der Waals surface area contributed by atoms with Crippen LogP contribution < -0.4 is 0 Å². The van der Waals surface area contributed by atoms with Crippen LogP contribution in [0.2, 0.25) is 0 Å². The van der Waals surface area contributed by atoms with Crippen LogP contribution in [0.4, 0.5) is 0 Å². The number of fused-ring (bicyclic) bond motifs is 2. The van der Waals surface area contributed by atoms with Crippen molar-refractivity contribution in [2.24, 2.45) is 0 Å². The largest absolute Gasteiger partial charge is 0.291 e. The summed E-state index contributed by atoms with van der Waals surface area (Å²) in [5, 5.41) is 0. The average Bonchev–Trinajstić information content (AvgIpc) is 2.29. The average molecular weight is 219 g/mol. The highest BCUT2D eigenvalue weighted by Crippen LogP contribution is 2.44. The summed E-state index contributed by atoms with van der Waals surface area (Å²) >= 11 is 0. The number of hydrogen-bond donors (Lipinski definition) is 0. The normalized spacial score (nSPS) is 34.5. The van der Waals surface area contributed by atoms with Gasteiger partial charge in [-0.1, -0.05) is 17.6 Å². The molecule has 0 aromatic carbocycles. The van der Waals surface area contributed by atoms with Crippen LogP contribution in [0.3, 0.4) is 0 Å². The molecule has 1 atom stereocenters. The summed E-state index contributed by atoms with van der Waals surface area (Å²) in [7, 11) is 0. The zero-order chi connectivity index (χ0) is 11.2. The summed E-state index contributed by atoms with van der Waals surface area (Å²) in [5.41, 5.74) is 4.14. The fraction of sp³-hybridized carbons (Fsp3) is 0.867. The SMILES string of the molecule is CC1(C)CC2=C(CCCC2)C2CCCCN21. The molecule has 0 amide bonds. The summed E-state index contributed by atoms with van der Waals surface area (Å²) in [6, 6.07) is 0.827. The number of nitrogens with zero attached hydrogens (tertiary/aromatic N) is 1. The van der Waals surface area contributed by atoms with E-state index in [0.717, 1.165) is 6.04 Å². The van der Waals surface area contributed by atoms with Crippen molar-refractivity contribution in [2.45, 2.75) is 76.8 Å². The lowest BCUT2D eigenvalue weighted by molar-refractivity contribution is 0.0395. The maximum absolute atomic E-state index is 2.82. The Kier molecular flexibility index (Phi) is 2.62. The summed E-state index contributed by atoms with van der Waals surface area (Å²) in [4.78, 5) is 2.82. The molecule has 0 bridgehead atoms. The smallest absolute Gasteiger partial charge is 0.0315 e. The van der Waals surface area contributed by atoms with E-state index in [0.29, 0.717) is 5.54 Å². The van der Waals surface area contributed by atoms with Gasteiger partial charge in [0.1, 0.15) is 0 Å². The van der Waals surface area contributed by atoms with Crippen LogP contribution >= 0.6 is 0 Å². The lowest BCUT2D eigenvalue weighted by Gasteiger charge is -2.53. The molecule has 0 radical (unpaired) electrons. The van der Waals surface area contributed by atoms with Crippen molar-refractivity contribution in [1.82, 2.24) is 4.90 Å². The second-order valence-corrected chi connectivity index (χ2v) is 6.53. The molecule has 1 aliphatic carbocycles. The van der Waals surface area contributed by atoms with Crippen molar-refractivity contribution in [3.8, 4) is 0 Å². The summed E-state index contributed by atoms with van der Waals surface area (Å²) in [6.45, 7) is 6.27. The van der Waals surface area contributed by atoms with E-state index in [9.17, 15) is 0 Å². The first-order valence-electron chi connectivity index (χ1n) is 7.16. The molecular weight excluding hydrogens is 194 g/mol. The van der Waals surface area contributed by atoms with Gasteiger partial charge in [-0.15, -0.1) is 0 Å². The summed E-state index contributed by atoms with van der Waals surface area (Å²) in [5.74, 6) is 0. The predicted octanol–water partition coefficient (Wildman–Crippen LogP) is 3.89. The molecule has 2 heterocycles. The molecule has 0 saturated carbocycles. The van der Waals surface area contributed by atoms with E-state index in [1.165, 1.54) is 57.9 Å². The molecule has 1 saturated heterocycles. The molecule has 1 unspecified atom stereocenters. The Morgan fingerprint density at radius 3 is 2.75 bits per heavy atom. The Bertz CT molecular complexity index is 313. The second-order valence-electron chi connectivity index (χ2n) is 6.53. The van der Waals surface area contributed by atoms with Gasteiger partial charge >= 0.3 is 0 Å². The maximum atomic E-state index is 2.82. The van der Waals surface area contributed by atoms with Crippen molar-refractivity contribution >= 4 is 0 Å². The van der Waals surface area contributed by atoms with E-state index in [1.54, 1.807) is 0 Å². The third-order valence-corrected chi connectivity index (χ3v) is 4.96. The van der Waals surface area contributed by atoms with Gasteiger partial charge in [0.25, 0.3) is 0 Å². The van der Waals surface area contributed by atoms with E-state index >= 15 is 0 Å². The van der Waals surface area contributed by atoms with Gasteiger partial charge in [0.15, 0.2) is 0 Å². The molecule has 90 valence electrons. The Balaban J connectivity index is 1.96. The van der Waals surface area contributed by atoms with Crippen LogP contribution in [0.1, 0.15) is 65.2 Å². The minimum absolute atomic E-state index is 0.432. The highest BCUT2D eigenvalue weighted by Gasteiger charge is 2.41. The molecule has 3 aliphatic rings. The molecule has 3 rings (SSSR count). The molecule has 1 fully saturated rings. The van der Waals surface area contributed by atoms with Crippen LogP contribution in [-0.4, -0.2) is 23.0 Å². The van der Waals surface area contributed by atoms with Gasteiger partial charge < -0.3 is 0 Å². The van der Waals surface area contributed by atoms with Crippen LogP contribution in [0.25, 0.3) is 0 Å². The van der Waals surface area contributed by atoms with Crippen molar-refractivity contribution in [2.75, 3.05) is 6.54 Å². The Morgan fingerprint density at radius 2 is 1.88 bits per heavy atom. The predicted molar refractivity (Wildman–Crippen MR) is 68.5 cm³/mol. The van der Waals surface area contributed by atoms with E-state index in [4.69, 9.17) is 0 Å². The van der Waals surface area contributed by atoms with Gasteiger partial charge in [-0.2, -0.15) is 0 Å². The van der Waals surface area contributed by atoms with Gasteiger partial charge in [0, 0.05) is 11.6 Å². The molecule has 1 nitrogen and oxygen atoms in total. The third kappa shape index (κ3) is 1.64. The molecule has 16 heavy (non-hydrogen) atoms. The first-order chi connectivity index (χ1) is 7.68. The quantitative estimate of drug-likeness (QED) is 0.559. The molecule has 0 aromatic heterocycles. The standard InChI is InChI=1S/C15H25N/c1-15(2)11-12-7-3-4-8-13(12)14-9-5-6-10-16(14)15/h14H,3-11H2,1-2H3. The van der Waals surface area contributed by atoms with Crippen LogP contribution in [0.15, 0.2) is 11.1 Å². The van der Waals surface area contributed by atoms with Crippen molar-refractivity contribution in [1.29, 1.82) is 0 Å². The first kappa shape index (κ1) is 10.8. The summed E-state index contributed by atoms with van der Waals surface area (Å²) < 4.78 is 0. The van der Waals surface area contributed by atoms with Crippen LogP contribution in [0.5, 0.6) is 0 Å². The monoisotopic (exact) mass is 219 g/mol. The second kappa shape index (κ2) is 3.87. The first-order valence-corrected chi connectivity index (χ1v) is 7.16. The van der Waals surface area contributed by atoms with Crippen LogP contribution in [0, 0.1) is 0 Å². The molecule has 1 heteroatoms. The Hall–Kier alpha value is -0.300. The van der Waals surface area contributed by atoms with Gasteiger partial charge in [0.2, 0.25) is 0 Å². The molecule has 2 aliphatic heterocycles. The summed E-state index contributed by atoms with van der Waals surface area (Å²) in [6.07, 6.45) is 11.4. The number of piperidine rings is 1. The fourth-order valence-corrected chi connectivity index (χ4v) is 4.24. The molecule has 0 N–H and O–H groups in total. The van der Waals surface area contributed by atoms with E-state index in [2.05, 4.69) is 18.7 Å². The zero-order valence-electron chi connectivity index (χ0n) is 10.9. The van der Waals surface area contributed by atoms with E-state index in [1.807, 2.05) is 11.1 Å². The minimum Gasteiger partial charge on any atom is -0.291 e.